The van der Waals surface area contributed by atoms with E-state index in [0.29, 0.717) is 36.3 Å². The third kappa shape index (κ3) is 4.67. The van der Waals surface area contributed by atoms with E-state index in [9.17, 15) is 0 Å². The highest BCUT2D eigenvalue weighted by Crippen LogP contribution is 2.37. The largest absolute Gasteiger partial charge is 0.490 e. The van der Waals surface area contributed by atoms with Crippen LogP contribution in [0.3, 0.4) is 0 Å². The standard InChI is InChI=1S/C19H21ClN4O2/c1-3-25-18-9-16(10-23-24-12-21-22-13-24)8-17(20)19(18)26-11-15-6-4-5-14(2)7-15/h4-9,12-13,23H,3,10-11H2,1-2H3. The monoisotopic (exact) mass is 372 g/mol. The third-order valence-electron chi connectivity index (χ3n) is 3.72. The highest BCUT2D eigenvalue weighted by atomic mass is 35.5. The smallest absolute Gasteiger partial charge is 0.180 e. The summed E-state index contributed by atoms with van der Waals surface area (Å²) in [5.74, 6) is 1.19. The molecule has 0 unspecified atom stereocenters. The number of hydrogen-bond acceptors (Lipinski definition) is 5. The predicted molar refractivity (Wildman–Crippen MR) is 101 cm³/mol. The van der Waals surface area contributed by atoms with Gasteiger partial charge >= 0.3 is 0 Å². The second-order valence-electron chi connectivity index (χ2n) is 5.82. The zero-order valence-electron chi connectivity index (χ0n) is 14.8. The van der Waals surface area contributed by atoms with E-state index in [-0.39, 0.29) is 0 Å². The number of ether oxygens (including phenoxy) is 2. The van der Waals surface area contributed by atoms with Gasteiger partial charge in [0.05, 0.1) is 18.2 Å². The van der Waals surface area contributed by atoms with Crippen molar-refractivity contribution in [3.05, 3.63) is 70.8 Å². The molecule has 1 heterocycles. The number of nitrogens with one attached hydrogen (secondary N) is 1. The average Bonchev–Trinajstić information content (AvgIpc) is 3.13. The minimum atomic E-state index is 0.430. The molecule has 3 rings (SSSR count). The average molecular weight is 373 g/mol. The molecule has 0 spiro atoms. The van der Waals surface area contributed by atoms with E-state index >= 15 is 0 Å². The Hall–Kier alpha value is -2.73. The minimum absolute atomic E-state index is 0.430. The number of halogens is 1. The van der Waals surface area contributed by atoms with E-state index in [1.807, 2.05) is 31.2 Å². The number of rotatable bonds is 8. The fraction of sp³-hybridized carbons (Fsp3) is 0.263. The van der Waals surface area contributed by atoms with Crippen molar-refractivity contribution in [1.82, 2.24) is 14.9 Å². The van der Waals surface area contributed by atoms with E-state index in [1.165, 1.54) is 5.56 Å². The van der Waals surface area contributed by atoms with E-state index < -0.39 is 0 Å². The summed E-state index contributed by atoms with van der Waals surface area (Å²) in [6.45, 7) is 5.50. The molecular weight excluding hydrogens is 352 g/mol. The van der Waals surface area contributed by atoms with Crippen LogP contribution in [0.15, 0.2) is 49.1 Å². The van der Waals surface area contributed by atoms with Crippen molar-refractivity contribution >= 4 is 11.6 Å². The van der Waals surface area contributed by atoms with Crippen molar-refractivity contribution in [1.29, 1.82) is 0 Å². The van der Waals surface area contributed by atoms with Gasteiger partial charge in [0.2, 0.25) is 0 Å². The van der Waals surface area contributed by atoms with E-state index in [0.717, 1.165) is 11.1 Å². The van der Waals surface area contributed by atoms with Gasteiger partial charge in [-0.15, -0.1) is 10.2 Å². The molecule has 1 aromatic heterocycles. The SMILES string of the molecule is CCOc1cc(CNn2cnnc2)cc(Cl)c1OCc1cccc(C)c1. The summed E-state index contributed by atoms with van der Waals surface area (Å²) in [5.41, 5.74) is 6.40. The van der Waals surface area contributed by atoms with Crippen LogP contribution in [-0.2, 0) is 13.2 Å². The molecule has 0 saturated heterocycles. The Balaban J connectivity index is 1.75. The summed E-state index contributed by atoms with van der Waals surface area (Å²) in [6.07, 6.45) is 3.18. The number of hydrogen-bond donors (Lipinski definition) is 1. The summed E-state index contributed by atoms with van der Waals surface area (Å²) < 4.78 is 13.4. The summed E-state index contributed by atoms with van der Waals surface area (Å²) in [4.78, 5) is 0. The zero-order valence-corrected chi connectivity index (χ0v) is 15.5. The third-order valence-corrected chi connectivity index (χ3v) is 4.00. The van der Waals surface area contributed by atoms with Gasteiger partial charge in [-0.1, -0.05) is 41.4 Å². The van der Waals surface area contributed by atoms with Crippen LogP contribution in [0.5, 0.6) is 11.5 Å². The molecule has 0 fully saturated rings. The molecule has 2 aromatic carbocycles. The van der Waals surface area contributed by atoms with Crippen LogP contribution in [0.25, 0.3) is 0 Å². The van der Waals surface area contributed by atoms with Crippen molar-refractivity contribution in [2.75, 3.05) is 12.0 Å². The summed E-state index contributed by atoms with van der Waals surface area (Å²) in [5, 5.41) is 8.02. The molecule has 26 heavy (non-hydrogen) atoms. The Kier molecular flexibility index (Phi) is 5.96. The number of aryl methyl sites for hydroxylation is 1. The Morgan fingerprint density at radius 1 is 1.08 bits per heavy atom. The van der Waals surface area contributed by atoms with Gasteiger partial charge < -0.3 is 14.9 Å². The molecule has 0 atom stereocenters. The van der Waals surface area contributed by atoms with Gasteiger partial charge in [-0.2, -0.15) is 0 Å². The lowest BCUT2D eigenvalue weighted by molar-refractivity contribution is 0.269. The molecule has 0 aliphatic carbocycles. The molecule has 6 nitrogen and oxygen atoms in total. The van der Waals surface area contributed by atoms with Crippen LogP contribution in [0.4, 0.5) is 0 Å². The first-order valence-electron chi connectivity index (χ1n) is 8.37. The van der Waals surface area contributed by atoms with Crippen LogP contribution in [0, 0.1) is 6.92 Å². The normalized spacial score (nSPS) is 10.6. The van der Waals surface area contributed by atoms with Crippen LogP contribution in [0.2, 0.25) is 5.02 Å². The molecule has 0 amide bonds. The highest BCUT2D eigenvalue weighted by molar-refractivity contribution is 6.32. The first-order valence-corrected chi connectivity index (χ1v) is 8.75. The molecule has 0 bridgehead atoms. The molecule has 1 N–H and O–H groups in total. The van der Waals surface area contributed by atoms with E-state index in [2.05, 4.69) is 34.7 Å². The van der Waals surface area contributed by atoms with Gasteiger partial charge in [-0.25, -0.2) is 4.68 Å². The molecule has 136 valence electrons. The first-order chi connectivity index (χ1) is 12.7. The maximum absolute atomic E-state index is 6.46. The van der Waals surface area contributed by atoms with Crippen LogP contribution < -0.4 is 14.9 Å². The van der Waals surface area contributed by atoms with Gasteiger partial charge in [-0.05, 0) is 37.1 Å². The zero-order chi connectivity index (χ0) is 18.4. The Bertz CT molecular complexity index is 853. The summed E-state index contributed by atoms with van der Waals surface area (Å²) in [7, 11) is 0. The Morgan fingerprint density at radius 3 is 2.62 bits per heavy atom. The van der Waals surface area contributed by atoms with Gasteiger partial charge in [0.15, 0.2) is 11.5 Å². The quantitative estimate of drug-likeness (QED) is 0.648. The molecule has 7 heteroatoms. The maximum atomic E-state index is 6.46. The van der Waals surface area contributed by atoms with Gasteiger partial charge in [0.1, 0.15) is 19.3 Å². The predicted octanol–water partition coefficient (Wildman–Crippen LogP) is 3.96. The lowest BCUT2D eigenvalue weighted by Crippen LogP contribution is -2.12. The molecule has 0 radical (unpaired) electrons. The van der Waals surface area contributed by atoms with E-state index in [1.54, 1.807) is 17.3 Å². The molecule has 0 aliphatic rings. The van der Waals surface area contributed by atoms with Crippen molar-refractivity contribution < 1.29 is 9.47 Å². The van der Waals surface area contributed by atoms with Crippen molar-refractivity contribution in [2.45, 2.75) is 27.0 Å². The van der Waals surface area contributed by atoms with Crippen LogP contribution in [-0.4, -0.2) is 21.5 Å². The lowest BCUT2D eigenvalue weighted by atomic mass is 10.1. The summed E-state index contributed by atoms with van der Waals surface area (Å²) in [6, 6.07) is 12.0. The Morgan fingerprint density at radius 2 is 1.88 bits per heavy atom. The second-order valence-corrected chi connectivity index (χ2v) is 6.23. The van der Waals surface area contributed by atoms with Gasteiger partial charge in [0, 0.05) is 0 Å². The van der Waals surface area contributed by atoms with E-state index in [4.69, 9.17) is 21.1 Å². The minimum Gasteiger partial charge on any atom is -0.490 e. The molecule has 3 aromatic rings. The van der Waals surface area contributed by atoms with Crippen molar-refractivity contribution in [3.8, 4) is 11.5 Å². The fourth-order valence-electron chi connectivity index (χ4n) is 2.55. The highest BCUT2D eigenvalue weighted by Gasteiger charge is 2.13. The first kappa shape index (κ1) is 18.1. The van der Waals surface area contributed by atoms with Gasteiger partial charge in [0.25, 0.3) is 0 Å². The fourth-order valence-corrected chi connectivity index (χ4v) is 2.84. The van der Waals surface area contributed by atoms with Crippen LogP contribution in [0.1, 0.15) is 23.6 Å². The second kappa shape index (κ2) is 8.58. The Labute approximate surface area is 157 Å². The molecule has 0 aliphatic heterocycles. The number of benzene rings is 2. The molecular formula is C19H21ClN4O2. The van der Waals surface area contributed by atoms with Crippen LogP contribution >= 0.6 is 11.6 Å². The lowest BCUT2D eigenvalue weighted by Gasteiger charge is -2.16. The van der Waals surface area contributed by atoms with Crippen molar-refractivity contribution in [2.24, 2.45) is 0 Å². The van der Waals surface area contributed by atoms with Crippen molar-refractivity contribution in [3.63, 3.8) is 0 Å². The topological polar surface area (TPSA) is 61.2 Å². The van der Waals surface area contributed by atoms with Gasteiger partial charge in [-0.3, -0.25) is 0 Å². The number of aromatic nitrogens is 3. The maximum Gasteiger partial charge on any atom is 0.180 e. The molecule has 0 saturated carbocycles. The number of nitrogens with zero attached hydrogens (tertiary/aromatic N) is 3. The summed E-state index contributed by atoms with van der Waals surface area (Å²) >= 11 is 6.46.